The number of halogens is 1. The number of nitrogens with one attached hydrogen (secondary N) is 1. The fourth-order valence-electron chi connectivity index (χ4n) is 2.77. The van der Waals surface area contributed by atoms with Gasteiger partial charge in [-0.05, 0) is 61.1 Å². The summed E-state index contributed by atoms with van der Waals surface area (Å²) < 4.78 is 0. The first kappa shape index (κ1) is 13.3. The van der Waals surface area contributed by atoms with Gasteiger partial charge in [-0.1, -0.05) is 17.7 Å². The van der Waals surface area contributed by atoms with E-state index in [0.717, 1.165) is 30.5 Å². The number of aryl methyl sites for hydroxylation is 2. The molecule has 1 heterocycles. The molecule has 0 spiro atoms. The molecule has 1 aromatic heterocycles. The maximum atomic E-state index is 9.70. The van der Waals surface area contributed by atoms with E-state index in [9.17, 15) is 5.11 Å². The van der Waals surface area contributed by atoms with Crippen LogP contribution in [0.5, 0.6) is 5.75 Å². The van der Waals surface area contributed by atoms with Gasteiger partial charge in [-0.3, -0.25) is 0 Å². The van der Waals surface area contributed by atoms with E-state index in [0.29, 0.717) is 10.9 Å². The van der Waals surface area contributed by atoms with Crippen molar-refractivity contribution in [2.45, 2.75) is 32.2 Å². The minimum atomic E-state index is 0.216. The van der Waals surface area contributed by atoms with Gasteiger partial charge in [0.2, 0.25) is 0 Å². The Hall–Kier alpha value is -1.74. The molecule has 1 aromatic carbocycles. The van der Waals surface area contributed by atoms with Crippen LogP contribution in [0.4, 0.5) is 5.69 Å². The standard InChI is InChI=1S/C16H17ClN2O/c1-10-7-12(9-18-16(10)17)19-15-4-2-3-11-5-6-13(20)8-14(11)15/h5-9,15,19-20H,2-4H2,1H3. The first-order valence-electron chi connectivity index (χ1n) is 6.84. The SMILES string of the molecule is Cc1cc(NC2CCCc3ccc(O)cc32)cnc1Cl. The van der Waals surface area contributed by atoms with E-state index < -0.39 is 0 Å². The zero-order chi connectivity index (χ0) is 14.1. The average Bonchev–Trinajstić information content (AvgIpc) is 2.44. The topological polar surface area (TPSA) is 45.1 Å². The van der Waals surface area contributed by atoms with Gasteiger partial charge in [-0.25, -0.2) is 4.98 Å². The highest BCUT2D eigenvalue weighted by Crippen LogP contribution is 2.34. The van der Waals surface area contributed by atoms with Gasteiger partial charge in [0.15, 0.2) is 0 Å². The van der Waals surface area contributed by atoms with Gasteiger partial charge < -0.3 is 10.4 Å². The van der Waals surface area contributed by atoms with Gasteiger partial charge in [-0.15, -0.1) is 0 Å². The van der Waals surface area contributed by atoms with Crippen molar-refractivity contribution in [3.8, 4) is 5.75 Å². The third kappa shape index (κ3) is 2.59. The van der Waals surface area contributed by atoms with Crippen LogP contribution in [0.1, 0.15) is 35.6 Å². The Morgan fingerprint density at radius 2 is 2.20 bits per heavy atom. The molecule has 1 aliphatic carbocycles. The van der Waals surface area contributed by atoms with Crippen molar-refractivity contribution in [3.63, 3.8) is 0 Å². The molecule has 0 aliphatic heterocycles. The molecule has 0 saturated carbocycles. The van der Waals surface area contributed by atoms with Gasteiger partial charge in [-0.2, -0.15) is 0 Å². The molecule has 20 heavy (non-hydrogen) atoms. The number of pyridine rings is 1. The van der Waals surface area contributed by atoms with Crippen LogP contribution in [-0.4, -0.2) is 10.1 Å². The summed E-state index contributed by atoms with van der Waals surface area (Å²) in [6.45, 7) is 1.95. The maximum Gasteiger partial charge on any atom is 0.132 e. The number of fused-ring (bicyclic) bond motifs is 1. The molecule has 2 N–H and O–H groups in total. The summed E-state index contributed by atoms with van der Waals surface area (Å²) in [4.78, 5) is 4.17. The Balaban J connectivity index is 1.89. The van der Waals surface area contributed by atoms with Gasteiger partial charge in [0.05, 0.1) is 17.9 Å². The van der Waals surface area contributed by atoms with Gasteiger partial charge >= 0.3 is 0 Å². The smallest absolute Gasteiger partial charge is 0.132 e. The lowest BCUT2D eigenvalue weighted by Crippen LogP contribution is -2.17. The van der Waals surface area contributed by atoms with Crippen LogP contribution in [0.3, 0.4) is 0 Å². The Labute approximate surface area is 123 Å². The molecule has 2 aromatic rings. The first-order valence-corrected chi connectivity index (χ1v) is 7.22. The number of aromatic hydroxyl groups is 1. The normalized spacial score (nSPS) is 17.6. The molecule has 1 aliphatic rings. The lowest BCUT2D eigenvalue weighted by Gasteiger charge is -2.27. The maximum absolute atomic E-state index is 9.70. The molecule has 1 unspecified atom stereocenters. The van der Waals surface area contributed by atoms with Crippen molar-refractivity contribution in [1.82, 2.24) is 4.98 Å². The van der Waals surface area contributed by atoms with Gasteiger partial charge in [0.1, 0.15) is 10.9 Å². The van der Waals surface area contributed by atoms with Crippen molar-refractivity contribution < 1.29 is 5.11 Å². The lowest BCUT2D eigenvalue weighted by molar-refractivity contribution is 0.471. The Kier molecular flexibility index (Phi) is 3.53. The predicted octanol–water partition coefficient (Wildman–Crippen LogP) is 4.24. The molecule has 0 radical (unpaired) electrons. The minimum Gasteiger partial charge on any atom is -0.508 e. The summed E-state index contributed by atoms with van der Waals surface area (Å²) in [6, 6.07) is 7.86. The van der Waals surface area contributed by atoms with Crippen molar-refractivity contribution in [3.05, 3.63) is 52.3 Å². The number of phenols is 1. The summed E-state index contributed by atoms with van der Waals surface area (Å²) in [5.41, 5.74) is 4.42. The highest BCUT2D eigenvalue weighted by Gasteiger charge is 2.20. The number of anilines is 1. The predicted molar refractivity (Wildman–Crippen MR) is 81.4 cm³/mol. The van der Waals surface area contributed by atoms with E-state index in [4.69, 9.17) is 11.6 Å². The third-order valence-electron chi connectivity index (χ3n) is 3.80. The van der Waals surface area contributed by atoms with Crippen molar-refractivity contribution in [2.75, 3.05) is 5.32 Å². The second kappa shape index (κ2) is 5.33. The highest BCUT2D eigenvalue weighted by atomic mass is 35.5. The number of hydrogen-bond acceptors (Lipinski definition) is 3. The van der Waals surface area contributed by atoms with Crippen molar-refractivity contribution >= 4 is 17.3 Å². The lowest BCUT2D eigenvalue weighted by atomic mass is 9.87. The first-order chi connectivity index (χ1) is 9.63. The number of nitrogens with zero attached hydrogens (tertiary/aromatic N) is 1. The van der Waals surface area contributed by atoms with Crippen LogP contribution in [0, 0.1) is 6.92 Å². The second-order valence-corrected chi connectivity index (χ2v) is 5.66. The quantitative estimate of drug-likeness (QED) is 0.813. The number of aromatic nitrogens is 1. The summed E-state index contributed by atoms with van der Waals surface area (Å²) in [6.07, 6.45) is 5.03. The van der Waals surface area contributed by atoms with Crippen LogP contribution in [-0.2, 0) is 6.42 Å². The number of hydrogen-bond donors (Lipinski definition) is 2. The number of phenolic OH excluding ortho intramolecular Hbond substituents is 1. The van der Waals surface area contributed by atoms with Crippen LogP contribution in [0.15, 0.2) is 30.5 Å². The molecule has 4 heteroatoms. The second-order valence-electron chi connectivity index (χ2n) is 5.30. The average molecular weight is 289 g/mol. The number of benzene rings is 1. The van der Waals surface area contributed by atoms with Crippen LogP contribution in [0.2, 0.25) is 5.15 Å². The fraction of sp³-hybridized carbons (Fsp3) is 0.312. The fourth-order valence-corrected chi connectivity index (χ4v) is 2.88. The van der Waals surface area contributed by atoms with Crippen molar-refractivity contribution in [1.29, 1.82) is 0 Å². The van der Waals surface area contributed by atoms with E-state index in [-0.39, 0.29) is 6.04 Å². The number of rotatable bonds is 2. The zero-order valence-electron chi connectivity index (χ0n) is 11.4. The summed E-state index contributed by atoms with van der Waals surface area (Å²) in [5.74, 6) is 0.322. The van der Waals surface area contributed by atoms with E-state index in [2.05, 4.69) is 10.3 Å². The minimum absolute atomic E-state index is 0.216. The molecule has 1 atom stereocenters. The van der Waals surface area contributed by atoms with Crippen LogP contribution < -0.4 is 5.32 Å². The molecule has 3 nitrogen and oxygen atoms in total. The molecular formula is C16H17ClN2O. The molecule has 0 amide bonds. The van der Waals surface area contributed by atoms with E-state index >= 15 is 0 Å². The molecular weight excluding hydrogens is 272 g/mol. The molecule has 0 fully saturated rings. The zero-order valence-corrected chi connectivity index (χ0v) is 12.1. The van der Waals surface area contributed by atoms with E-state index in [1.165, 1.54) is 11.1 Å². The Morgan fingerprint density at radius 3 is 3.00 bits per heavy atom. The summed E-state index contributed by atoms with van der Waals surface area (Å²) in [7, 11) is 0. The van der Waals surface area contributed by atoms with Gasteiger partial charge in [0, 0.05) is 0 Å². The highest BCUT2D eigenvalue weighted by molar-refractivity contribution is 6.30. The summed E-state index contributed by atoms with van der Waals surface area (Å²) in [5, 5.41) is 13.7. The Morgan fingerprint density at radius 1 is 1.35 bits per heavy atom. The van der Waals surface area contributed by atoms with E-state index in [1.54, 1.807) is 12.3 Å². The van der Waals surface area contributed by atoms with Crippen LogP contribution >= 0.6 is 11.6 Å². The third-order valence-corrected chi connectivity index (χ3v) is 4.19. The molecule has 104 valence electrons. The van der Waals surface area contributed by atoms with Crippen LogP contribution in [0.25, 0.3) is 0 Å². The Bertz CT molecular complexity index is 642. The molecule has 0 saturated heterocycles. The summed E-state index contributed by atoms with van der Waals surface area (Å²) >= 11 is 5.95. The van der Waals surface area contributed by atoms with Crippen molar-refractivity contribution in [2.24, 2.45) is 0 Å². The molecule has 0 bridgehead atoms. The largest absolute Gasteiger partial charge is 0.508 e. The molecule has 3 rings (SSSR count). The van der Waals surface area contributed by atoms with Gasteiger partial charge in [0.25, 0.3) is 0 Å². The monoisotopic (exact) mass is 288 g/mol. The van der Waals surface area contributed by atoms with E-state index in [1.807, 2.05) is 25.1 Å².